The molecule has 3 amide bonds. The van der Waals surface area contributed by atoms with Crippen molar-refractivity contribution in [3.8, 4) is 0 Å². The summed E-state index contributed by atoms with van der Waals surface area (Å²) in [5.41, 5.74) is 0.537. The maximum atomic E-state index is 11.9. The van der Waals surface area contributed by atoms with Gasteiger partial charge in [-0.1, -0.05) is 13.3 Å². The molecule has 1 aromatic heterocycles. The standard InChI is InChI=1S/C17H25IN4O4/c1-2-6-14(16(24)25)22-17(26)21-8-5-3-4-7-20-15(23)12-9-13(18)11-19-10-12/h9-11,14H,2-8H2,1H3,(H,20,23)(H,24,25)(H2,21,22,26)/i18-2. The quantitative estimate of drug-likeness (QED) is 0.289. The van der Waals surface area contributed by atoms with Crippen molar-refractivity contribution in [3.63, 3.8) is 0 Å². The van der Waals surface area contributed by atoms with Gasteiger partial charge in [-0.15, -0.1) is 0 Å². The summed E-state index contributed by atoms with van der Waals surface area (Å²) in [6.45, 7) is 2.87. The van der Waals surface area contributed by atoms with Crippen molar-refractivity contribution in [3.05, 3.63) is 27.6 Å². The van der Waals surface area contributed by atoms with E-state index in [4.69, 9.17) is 5.11 Å². The highest BCUT2D eigenvalue weighted by molar-refractivity contribution is 14.1. The molecule has 0 saturated heterocycles. The molecule has 1 atom stereocenters. The van der Waals surface area contributed by atoms with E-state index in [-0.39, 0.29) is 5.91 Å². The van der Waals surface area contributed by atoms with Gasteiger partial charge >= 0.3 is 12.0 Å². The van der Waals surface area contributed by atoms with Crippen molar-refractivity contribution >= 4 is 40.5 Å². The Kier molecular flexibility index (Phi) is 10.6. The predicted molar refractivity (Wildman–Crippen MR) is 106 cm³/mol. The van der Waals surface area contributed by atoms with Crippen molar-refractivity contribution < 1.29 is 19.5 Å². The van der Waals surface area contributed by atoms with Crippen LogP contribution in [0.2, 0.25) is 0 Å². The number of carboxylic acid groups (broad SMARTS) is 1. The molecule has 1 aromatic rings. The van der Waals surface area contributed by atoms with Gasteiger partial charge in [0.2, 0.25) is 0 Å². The summed E-state index contributed by atoms with van der Waals surface area (Å²) in [7, 11) is 0. The largest absolute Gasteiger partial charge is 0.480 e. The summed E-state index contributed by atoms with van der Waals surface area (Å²) < 4.78 is 0.906. The van der Waals surface area contributed by atoms with Gasteiger partial charge in [-0.25, -0.2) is 9.59 Å². The molecule has 0 aliphatic heterocycles. The number of carboxylic acids is 1. The lowest BCUT2D eigenvalue weighted by molar-refractivity contribution is -0.139. The molecule has 0 aliphatic carbocycles. The fourth-order valence-corrected chi connectivity index (χ4v) is 2.72. The minimum atomic E-state index is -1.03. The van der Waals surface area contributed by atoms with E-state index in [0.717, 1.165) is 22.8 Å². The zero-order valence-electron chi connectivity index (χ0n) is 14.8. The van der Waals surface area contributed by atoms with Gasteiger partial charge in [0.1, 0.15) is 6.04 Å². The Labute approximate surface area is 166 Å². The summed E-state index contributed by atoms with van der Waals surface area (Å²) in [5, 5.41) is 16.9. The van der Waals surface area contributed by atoms with Crippen LogP contribution in [0.15, 0.2) is 18.5 Å². The second-order valence-electron chi connectivity index (χ2n) is 5.79. The normalized spacial score (nSPS) is 11.5. The number of hydrogen-bond donors (Lipinski definition) is 4. The average Bonchev–Trinajstić information content (AvgIpc) is 2.60. The third kappa shape index (κ3) is 8.97. The fraction of sp³-hybridized carbons (Fsp3) is 0.529. The van der Waals surface area contributed by atoms with E-state index >= 15 is 0 Å². The third-order valence-electron chi connectivity index (χ3n) is 3.57. The lowest BCUT2D eigenvalue weighted by atomic mass is 10.2. The van der Waals surface area contributed by atoms with Crippen LogP contribution in [0.1, 0.15) is 49.4 Å². The summed E-state index contributed by atoms with van der Waals surface area (Å²) in [6, 6.07) is 0.449. The minimum absolute atomic E-state index is 0.149. The number of pyridine rings is 1. The molecule has 26 heavy (non-hydrogen) atoms. The van der Waals surface area contributed by atoms with Crippen molar-refractivity contribution in [2.75, 3.05) is 13.1 Å². The molecular weight excluding hydrogens is 449 g/mol. The van der Waals surface area contributed by atoms with E-state index in [1.165, 1.54) is 6.20 Å². The van der Waals surface area contributed by atoms with E-state index in [9.17, 15) is 14.4 Å². The highest BCUT2D eigenvalue weighted by Gasteiger charge is 2.18. The Morgan fingerprint density at radius 3 is 2.46 bits per heavy atom. The van der Waals surface area contributed by atoms with Crippen molar-refractivity contribution in [2.24, 2.45) is 0 Å². The Hall–Kier alpha value is -1.91. The van der Waals surface area contributed by atoms with Crippen molar-refractivity contribution in [1.29, 1.82) is 0 Å². The van der Waals surface area contributed by atoms with E-state index in [2.05, 4.69) is 43.5 Å². The number of hydrogen-bond acceptors (Lipinski definition) is 4. The molecule has 0 radical (unpaired) electrons. The number of halogens is 1. The number of aliphatic carboxylic acids is 1. The first-order valence-electron chi connectivity index (χ1n) is 8.60. The number of rotatable bonds is 11. The molecule has 1 heterocycles. The van der Waals surface area contributed by atoms with Crippen LogP contribution in [0.3, 0.4) is 0 Å². The van der Waals surface area contributed by atoms with Crippen LogP contribution in [-0.4, -0.2) is 47.1 Å². The number of urea groups is 1. The van der Waals surface area contributed by atoms with Gasteiger partial charge in [0.25, 0.3) is 5.91 Å². The summed E-state index contributed by atoms with van der Waals surface area (Å²) in [6.07, 6.45) is 6.67. The van der Waals surface area contributed by atoms with Gasteiger partial charge in [-0.2, -0.15) is 0 Å². The van der Waals surface area contributed by atoms with Crippen LogP contribution in [0.5, 0.6) is 0 Å². The first-order valence-corrected chi connectivity index (χ1v) is 9.67. The van der Waals surface area contributed by atoms with E-state index in [0.29, 0.717) is 31.5 Å². The molecular formula is C17H25IN4O4. The average molecular weight is 474 g/mol. The second kappa shape index (κ2) is 12.4. The summed E-state index contributed by atoms with van der Waals surface area (Å²) in [4.78, 5) is 38.5. The van der Waals surface area contributed by atoms with Gasteiger partial charge < -0.3 is 21.1 Å². The van der Waals surface area contributed by atoms with Crippen molar-refractivity contribution in [1.82, 2.24) is 20.9 Å². The Balaban J connectivity index is 2.11. The molecule has 0 aromatic carbocycles. The van der Waals surface area contributed by atoms with Gasteiger partial charge in [0.15, 0.2) is 0 Å². The van der Waals surface area contributed by atoms with Crippen LogP contribution in [0.25, 0.3) is 0 Å². The smallest absolute Gasteiger partial charge is 0.326 e. The molecule has 1 rings (SSSR count). The van der Waals surface area contributed by atoms with Crippen LogP contribution in [0, 0.1) is 3.57 Å². The number of nitrogens with zero attached hydrogens (tertiary/aromatic N) is 1. The monoisotopic (exact) mass is 474 g/mol. The maximum absolute atomic E-state index is 11.9. The molecule has 8 nitrogen and oxygen atoms in total. The van der Waals surface area contributed by atoms with Crippen LogP contribution in [0.4, 0.5) is 4.79 Å². The van der Waals surface area contributed by atoms with Gasteiger partial charge in [0.05, 0.1) is 5.56 Å². The zero-order valence-corrected chi connectivity index (χ0v) is 16.9. The van der Waals surface area contributed by atoms with Crippen LogP contribution < -0.4 is 16.0 Å². The molecule has 0 spiro atoms. The lowest BCUT2D eigenvalue weighted by Gasteiger charge is -2.14. The lowest BCUT2D eigenvalue weighted by Crippen LogP contribution is -2.46. The molecule has 1 unspecified atom stereocenters. The maximum Gasteiger partial charge on any atom is 0.326 e. The fourth-order valence-electron chi connectivity index (χ4n) is 2.22. The number of aromatic nitrogens is 1. The van der Waals surface area contributed by atoms with E-state index in [1.807, 2.05) is 6.92 Å². The van der Waals surface area contributed by atoms with Crippen molar-refractivity contribution in [2.45, 2.75) is 45.1 Å². The highest BCUT2D eigenvalue weighted by atomic mass is 125. The zero-order chi connectivity index (χ0) is 19.4. The number of amides is 3. The van der Waals surface area contributed by atoms with E-state index in [1.54, 1.807) is 12.3 Å². The molecule has 4 N–H and O–H groups in total. The third-order valence-corrected chi connectivity index (χ3v) is 4.16. The molecule has 0 saturated carbocycles. The molecule has 144 valence electrons. The highest BCUT2D eigenvalue weighted by Crippen LogP contribution is 2.05. The van der Waals surface area contributed by atoms with Crippen LogP contribution >= 0.6 is 22.6 Å². The first kappa shape index (κ1) is 22.1. The summed E-state index contributed by atoms with van der Waals surface area (Å²) in [5.74, 6) is -1.18. The van der Waals surface area contributed by atoms with Gasteiger partial charge in [0, 0.05) is 29.1 Å². The van der Waals surface area contributed by atoms with Gasteiger partial charge in [-0.05, 0) is 54.3 Å². The number of nitrogens with one attached hydrogen (secondary N) is 3. The van der Waals surface area contributed by atoms with Gasteiger partial charge in [-0.3, -0.25) is 9.78 Å². The van der Waals surface area contributed by atoms with E-state index < -0.39 is 18.0 Å². The topological polar surface area (TPSA) is 120 Å². The molecule has 0 aliphatic rings. The predicted octanol–water partition coefficient (Wildman–Crippen LogP) is 2.14. The Bertz CT molecular complexity index is 612. The number of unbranched alkanes of at least 4 members (excludes halogenated alkanes) is 2. The number of carbonyl (C=O) groups excluding carboxylic acids is 2. The molecule has 0 fully saturated rings. The first-order chi connectivity index (χ1) is 12.4. The minimum Gasteiger partial charge on any atom is -0.480 e. The Morgan fingerprint density at radius 1 is 1.15 bits per heavy atom. The second-order valence-corrected chi connectivity index (χ2v) is 7.03. The Morgan fingerprint density at radius 2 is 1.85 bits per heavy atom. The SMILES string of the molecule is CCCC(NC(=O)NCCCCCNC(=O)c1cncc([125I])c1)C(=O)O. The molecule has 0 bridgehead atoms. The molecule has 9 heteroatoms. The van der Waals surface area contributed by atoms with Crippen LogP contribution in [-0.2, 0) is 4.79 Å². The summed E-state index contributed by atoms with van der Waals surface area (Å²) >= 11 is 2.10. The number of carbonyl (C=O) groups is 3.